The molecule has 2 aromatic carbocycles. The fourth-order valence-corrected chi connectivity index (χ4v) is 8.69. The van der Waals surface area contributed by atoms with Gasteiger partial charge in [0.25, 0.3) is 0 Å². The van der Waals surface area contributed by atoms with Crippen LogP contribution in [0.25, 0.3) is 50.4 Å². The SMILES string of the molecule is CCCCCCCCNn1c2c3ccccc3sc2c2sc3cc(-c4ccccc4)sc3c21. The number of nitrogens with zero attached hydrogens (tertiary/aromatic N) is 1. The molecule has 33 heavy (non-hydrogen) atoms. The summed E-state index contributed by atoms with van der Waals surface area (Å²) in [5.41, 5.74) is 7.89. The average molecular weight is 489 g/mol. The summed E-state index contributed by atoms with van der Waals surface area (Å²) < 4.78 is 9.48. The number of rotatable bonds is 9. The van der Waals surface area contributed by atoms with Gasteiger partial charge in [-0.15, -0.1) is 34.0 Å². The zero-order valence-corrected chi connectivity index (χ0v) is 21.3. The average Bonchev–Trinajstić information content (AvgIpc) is 3.57. The first kappa shape index (κ1) is 21.2. The van der Waals surface area contributed by atoms with Crippen molar-refractivity contribution in [3.8, 4) is 10.4 Å². The Hall–Kier alpha value is -2.34. The predicted octanol–water partition coefficient (Wildman–Crippen LogP) is 9.86. The van der Waals surface area contributed by atoms with Crippen LogP contribution in [0.2, 0.25) is 0 Å². The van der Waals surface area contributed by atoms with Crippen LogP contribution in [0.3, 0.4) is 0 Å². The summed E-state index contributed by atoms with van der Waals surface area (Å²) >= 11 is 5.83. The van der Waals surface area contributed by atoms with Gasteiger partial charge >= 0.3 is 0 Å². The first-order valence-electron chi connectivity index (χ1n) is 12.0. The van der Waals surface area contributed by atoms with Crippen LogP contribution < -0.4 is 5.43 Å². The highest BCUT2D eigenvalue weighted by molar-refractivity contribution is 7.37. The molecule has 168 valence electrons. The van der Waals surface area contributed by atoms with Crippen LogP contribution in [-0.2, 0) is 0 Å². The van der Waals surface area contributed by atoms with Crippen molar-refractivity contribution in [2.75, 3.05) is 12.0 Å². The van der Waals surface area contributed by atoms with E-state index in [2.05, 4.69) is 77.7 Å². The molecule has 0 aliphatic heterocycles. The van der Waals surface area contributed by atoms with Gasteiger partial charge in [0.2, 0.25) is 0 Å². The van der Waals surface area contributed by atoms with Crippen molar-refractivity contribution in [2.24, 2.45) is 0 Å². The van der Waals surface area contributed by atoms with Crippen molar-refractivity contribution < 1.29 is 0 Å². The maximum Gasteiger partial charge on any atom is 0.100 e. The first-order valence-corrected chi connectivity index (χ1v) is 14.5. The van der Waals surface area contributed by atoms with Gasteiger partial charge in [0.15, 0.2) is 0 Å². The van der Waals surface area contributed by atoms with E-state index in [9.17, 15) is 0 Å². The molecule has 1 N–H and O–H groups in total. The summed E-state index contributed by atoms with van der Waals surface area (Å²) in [6.45, 7) is 3.30. The van der Waals surface area contributed by atoms with Crippen LogP contribution in [0.5, 0.6) is 0 Å². The molecular formula is C28H28N2S3. The Morgan fingerprint density at radius 3 is 2.30 bits per heavy atom. The second kappa shape index (κ2) is 9.13. The van der Waals surface area contributed by atoms with Crippen molar-refractivity contribution in [2.45, 2.75) is 45.4 Å². The lowest BCUT2D eigenvalue weighted by Gasteiger charge is -2.10. The molecule has 0 aliphatic rings. The van der Waals surface area contributed by atoms with Gasteiger partial charge in [0, 0.05) is 26.2 Å². The highest BCUT2D eigenvalue weighted by Crippen LogP contribution is 2.49. The number of thiophene rings is 3. The molecule has 4 heterocycles. The van der Waals surface area contributed by atoms with Crippen LogP contribution in [-0.4, -0.2) is 11.2 Å². The lowest BCUT2D eigenvalue weighted by atomic mass is 10.1. The third-order valence-electron chi connectivity index (χ3n) is 6.42. The molecule has 0 spiro atoms. The van der Waals surface area contributed by atoms with Crippen LogP contribution in [0.4, 0.5) is 0 Å². The smallest absolute Gasteiger partial charge is 0.100 e. The molecule has 0 saturated carbocycles. The number of aromatic nitrogens is 1. The zero-order chi connectivity index (χ0) is 22.2. The minimum Gasteiger partial charge on any atom is -0.325 e. The second-order valence-corrected chi connectivity index (χ2v) is 11.9. The largest absolute Gasteiger partial charge is 0.325 e. The summed E-state index contributed by atoms with van der Waals surface area (Å²) in [6.07, 6.45) is 7.92. The maximum absolute atomic E-state index is 3.84. The molecule has 2 nitrogen and oxygen atoms in total. The van der Waals surface area contributed by atoms with E-state index in [1.165, 1.54) is 88.9 Å². The summed E-state index contributed by atoms with van der Waals surface area (Å²) in [4.78, 5) is 1.36. The lowest BCUT2D eigenvalue weighted by Crippen LogP contribution is -2.15. The van der Waals surface area contributed by atoms with Crippen molar-refractivity contribution in [3.63, 3.8) is 0 Å². The fourth-order valence-electron chi connectivity index (χ4n) is 4.75. The maximum atomic E-state index is 3.84. The Kier molecular flexibility index (Phi) is 5.87. The summed E-state index contributed by atoms with van der Waals surface area (Å²) in [5, 5.41) is 1.37. The van der Waals surface area contributed by atoms with Gasteiger partial charge in [-0.25, -0.2) is 0 Å². The fraction of sp³-hybridized carbons (Fsp3) is 0.286. The molecule has 6 rings (SSSR count). The van der Waals surface area contributed by atoms with Gasteiger partial charge in [-0.2, -0.15) is 0 Å². The van der Waals surface area contributed by atoms with Crippen molar-refractivity contribution >= 4 is 73.9 Å². The normalized spacial score (nSPS) is 12.0. The second-order valence-electron chi connectivity index (χ2n) is 8.74. The number of hydrogen-bond donors (Lipinski definition) is 1. The highest BCUT2D eigenvalue weighted by Gasteiger charge is 2.22. The Bertz CT molecular complexity index is 1530. The Balaban J connectivity index is 1.43. The number of unbranched alkanes of at least 4 members (excludes halogenated alkanes) is 5. The van der Waals surface area contributed by atoms with E-state index in [1.54, 1.807) is 0 Å². The van der Waals surface area contributed by atoms with E-state index in [1.807, 2.05) is 34.0 Å². The molecule has 0 saturated heterocycles. The molecule has 0 fully saturated rings. The minimum absolute atomic E-state index is 1.02. The molecule has 4 aromatic heterocycles. The van der Waals surface area contributed by atoms with Crippen LogP contribution in [0.1, 0.15) is 45.4 Å². The highest BCUT2D eigenvalue weighted by atomic mass is 32.1. The monoisotopic (exact) mass is 488 g/mol. The molecule has 0 atom stereocenters. The Labute approximate surface area is 206 Å². The number of fused-ring (bicyclic) bond motifs is 7. The zero-order valence-electron chi connectivity index (χ0n) is 18.9. The molecule has 6 aromatic rings. The number of benzene rings is 2. The van der Waals surface area contributed by atoms with Gasteiger partial charge in [0.1, 0.15) is 5.52 Å². The number of hydrogen-bond acceptors (Lipinski definition) is 4. The molecule has 0 bridgehead atoms. The molecule has 0 radical (unpaired) electrons. The Morgan fingerprint density at radius 2 is 1.42 bits per heavy atom. The van der Waals surface area contributed by atoms with Crippen LogP contribution >= 0.6 is 34.0 Å². The van der Waals surface area contributed by atoms with Gasteiger partial charge < -0.3 is 5.43 Å². The quantitative estimate of drug-likeness (QED) is 0.200. The van der Waals surface area contributed by atoms with E-state index in [4.69, 9.17) is 0 Å². The number of nitrogens with one attached hydrogen (secondary N) is 1. The lowest BCUT2D eigenvalue weighted by molar-refractivity contribution is 0.610. The third-order valence-corrected chi connectivity index (χ3v) is 10.2. The molecule has 0 amide bonds. The summed E-state index contributed by atoms with van der Waals surface area (Å²) in [7, 11) is 0. The van der Waals surface area contributed by atoms with Gasteiger partial charge in [0.05, 0.1) is 19.6 Å². The molecule has 0 aliphatic carbocycles. The van der Waals surface area contributed by atoms with Crippen molar-refractivity contribution in [1.29, 1.82) is 0 Å². The Morgan fingerprint density at radius 1 is 0.697 bits per heavy atom. The van der Waals surface area contributed by atoms with Crippen LogP contribution in [0, 0.1) is 0 Å². The van der Waals surface area contributed by atoms with Crippen molar-refractivity contribution in [3.05, 3.63) is 60.7 Å². The topological polar surface area (TPSA) is 17.0 Å². The molecule has 0 unspecified atom stereocenters. The molecular weight excluding hydrogens is 461 g/mol. The van der Waals surface area contributed by atoms with Crippen molar-refractivity contribution in [1.82, 2.24) is 4.68 Å². The van der Waals surface area contributed by atoms with Gasteiger partial charge in [-0.05, 0) is 24.1 Å². The van der Waals surface area contributed by atoms with E-state index >= 15 is 0 Å². The minimum atomic E-state index is 1.02. The predicted molar refractivity (Wildman–Crippen MR) is 151 cm³/mol. The van der Waals surface area contributed by atoms with Gasteiger partial charge in [-0.1, -0.05) is 87.6 Å². The van der Waals surface area contributed by atoms with Gasteiger partial charge in [-0.3, -0.25) is 4.68 Å². The van der Waals surface area contributed by atoms with E-state index < -0.39 is 0 Å². The van der Waals surface area contributed by atoms with E-state index in [-0.39, 0.29) is 0 Å². The van der Waals surface area contributed by atoms with E-state index in [0.717, 1.165) is 6.54 Å². The van der Waals surface area contributed by atoms with E-state index in [0.29, 0.717) is 0 Å². The molecule has 5 heteroatoms. The van der Waals surface area contributed by atoms with Crippen LogP contribution in [0.15, 0.2) is 60.7 Å². The summed E-state index contributed by atoms with van der Waals surface area (Å²) in [5.74, 6) is 0. The summed E-state index contributed by atoms with van der Waals surface area (Å²) in [6, 6.07) is 22.0. The first-order chi connectivity index (χ1) is 16.3. The standard InChI is InChI=1S/C28H28N2S3/c1-2-3-4-5-6-12-17-29-30-24-20-15-10-11-16-21(20)31-27(24)28-25(30)26-23(33-28)18-22(32-26)19-13-8-7-9-14-19/h7-11,13-16,18,29H,2-6,12,17H2,1H3. The third kappa shape index (κ3) is 3.76.